The van der Waals surface area contributed by atoms with Crippen LogP contribution in [-0.2, 0) is 23.2 Å². The molecule has 1 atom stereocenters. The van der Waals surface area contributed by atoms with Gasteiger partial charge in [-0.15, -0.1) is 0 Å². The van der Waals surface area contributed by atoms with Gasteiger partial charge in [0.05, 0.1) is 6.54 Å². The van der Waals surface area contributed by atoms with Gasteiger partial charge >= 0.3 is 0 Å². The summed E-state index contributed by atoms with van der Waals surface area (Å²) in [5.41, 5.74) is 0. The number of aromatic nitrogens is 2. The number of hydrogen-bond donors (Lipinski definition) is 2. The minimum atomic E-state index is -3.68. The van der Waals surface area contributed by atoms with E-state index < -0.39 is 10.0 Å². The van der Waals surface area contributed by atoms with Crippen molar-refractivity contribution in [2.75, 3.05) is 0 Å². The Bertz CT molecular complexity index is 661. The summed E-state index contributed by atoms with van der Waals surface area (Å²) in [6.07, 6.45) is 3.40. The fourth-order valence-corrected chi connectivity index (χ4v) is 3.36. The lowest BCUT2D eigenvalue weighted by atomic mass is 10.4. The Morgan fingerprint density at radius 1 is 1.55 bits per heavy atom. The summed E-state index contributed by atoms with van der Waals surface area (Å²) in [6.45, 7) is 3.39. The maximum absolute atomic E-state index is 12.2. The molecule has 7 nitrogen and oxygen atoms in total. The highest BCUT2D eigenvalue weighted by Crippen LogP contribution is 2.20. The van der Waals surface area contributed by atoms with Crippen LogP contribution in [0.2, 0.25) is 0 Å². The van der Waals surface area contributed by atoms with E-state index in [4.69, 9.17) is 9.52 Å². The molecule has 0 radical (unpaired) electrons. The smallest absolute Gasteiger partial charge is 0.244 e. The first-order valence-corrected chi connectivity index (χ1v) is 7.60. The van der Waals surface area contributed by atoms with Crippen molar-refractivity contribution >= 4 is 10.0 Å². The Morgan fingerprint density at radius 2 is 2.30 bits per heavy atom. The average molecular weight is 299 g/mol. The standard InChI is InChI=1S/C12H17N3O4S/c1-9(7-15-5-3-4-13-15)14-20(17,18)12-6-11(8-16)19-10(12)2/h3-6,9,14,16H,7-8H2,1-2H3. The van der Waals surface area contributed by atoms with Crippen LogP contribution in [-0.4, -0.2) is 29.3 Å². The molecule has 0 aromatic carbocycles. The molecule has 0 saturated heterocycles. The molecule has 0 aliphatic carbocycles. The van der Waals surface area contributed by atoms with Crippen LogP contribution < -0.4 is 4.72 Å². The molecule has 2 aromatic heterocycles. The third-order valence-corrected chi connectivity index (χ3v) is 4.44. The second-order valence-corrected chi connectivity index (χ2v) is 6.22. The van der Waals surface area contributed by atoms with Crippen molar-refractivity contribution in [3.8, 4) is 0 Å². The summed E-state index contributed by atoms with van der Waals surface area (Å²) in [4.78, 5) is 0.0499. The van der Waals surface area contributed by atoms with E-state index in [1.807, 2.05) is 0 Å². The third-order valence-electron chi connectivity index (χ3n) is 2.75. The predicted molar refractivity (Wildman–Crippen MR) is 71.4 cm³/mol. The summed E-state index contributed by atoms with van der Waals surface area (Å²) in [7, 11) is -3.68. The number of nitrogens with zero attached hydrogens (tertiary/aromatic N) is 2. The fourth-order valence-electron chi connectivity index (χ4n) is 1.92. The molecular formula is C12H17N3O4S. The Kier molecular flexibility index (Phi) is 4.26. The number of nitrogens with one attached hydrogen (secondary N) is 1. The van der Waals surface area contributed by atoms with E-state index in [9.17, 15) is 8.42 Å². The number of aryl methyl sites for hydroxylation is 1. The summed E-state index contributed by atoms with van der Waals surface area (Å²) >= 11 is 0. The molecule has 0 saturated carbocycles. The average Bonchev–Trinajstić information content (AvgIpc) is 2.97. The molecule has 2 N–H and O–H groups in total. The molecule has 2 rings (SSSR count). The molecule has 20 heavy (non-hydrogen) atoms. The molecule has 8 heteroatoms. The SMILES string of the molecule is Cc1oc(CO)cc1S(=O)(=O)NC(C)Cn1cccn1. The lowest BCUT2D eigenvalue weighted by Crippen LogP contribution is -2.35. The highest BCUT2D eigenvalue weighted by Gasteiger charge is 2.23. The summed E-state index contributed by atoms with van der Waals surface area (Å²) < 4.78 is 33.8. The normalized spacial score (nSPS) is 13.6. The van der Waals surface area contributed by atoms with Crippen molar-refractivity contribution in [3.05, 3.63) is 36.0 Å². The first kappa shape index (κ1) is 14.8. The lowest BCUT2D eigenvalue weighted by Gasteiger charge is -2.13. The van der Waals surface area contributed by atoms with Gasteiger partial charge in [0.2, 0.25) is 10.0 Å². The minimum Gasteiger partial charge on any atom is -0.462 e. The van der Waals surface area contributed by atoms with Crippen LogP contribution in [0, 0.1) is 6.92 Å². The number of sulfonamides is 1. The van der Waals surface area contributed by atoms with Crippen LogP contribution in [0.3, 0.4) is 0 Å². The first-order chi connectivity index (χ1) is 9.42. The van der Waals surface area contributed by atoms with Crippen molar-refractivity contribution in [1.82, 2.24) is 14.5 Å². The Morgan fingerprint density at radius 3 is 2.85 bits per heavy atom. The topological polar surface area (TPSA) is 97.4 Å². The minimum absolute atomic E-state index is 0.0499. The van der Waals surface area contributed by atoms with Gasteiger partial charge in [-0.2, -0.15) is 5.10 Å². The van der Waals surface area contributed by atoms with Crippen molar-refractivity contribution in [2.45, 2.75) is 37.9 Å². The molecular weight excluding hydrogens is 282 g/mol. The summed E-state index contributed by atoms with van der Waals surface area (Å²) in [5.74, 6) is 0.482. The van der Waals surface area contributed by atoms with Crippen LogP contribution in [0.25, 0.3) is 0 Å². The van der Waals surface area contributed by atoms with Crippen LogP contribution in [0.5, 0.6) is 0 Å². The molecule has 110 valence electrons. The van der Waals surface area contributed by atoms with Crippen LogP contribution in [0.15, 0.2) is 33.8 Å². The van der Waals surface area contributed by atoms with Gasteiger partial charge in [-0.1, -0.05) is 0 Å². The Labute approximate surface area is 117 Å². The number of aliphatic hydroxyl groups is 1. The monoisotopic (exact) mass is 299 g/mol. The van der Waals surface area contributed by atoms with Crippen molar-refractivity contribution in [3.63, 3.8) is 0 Å². The van der Waals surface area contributed by atoms with Gasteiger partial charge in [0.25, 0.3) is 0 Å². The van der Waals surface area contributed by atoms with Gasteiger partial charge < -0.3 is 9.52 Å². The molecule has 0 amide bonds. The van der Waals surface area contributed by atoms with Gasteiger partial charge in [-0.3, -0.25) is 4.68 Å². The van der Waals surface area contributed by atoms with E-state index in [2.05, 4.69) is 9.82 Å². The quantitative estimate of drug-likeness (QED) is 0.816. The van der Waals surface area contributed by atoms with Gasteiger partial charge in [-0.05, 0) is 19.9 Å². The predicted octanol–water partition coefficient (Wildman–Crippen LogP) is 0.644. The largest absolute Gasteiger partial charge is 0.462 e. The summed E-state index contributed by atoms with van der Waals surface area (Å²) in [5, 5.41) is 13.0. The highest BCUT2D eigenvalue weighted by atomic mass is 32.2. The highest BCUT2D eigenvalue weighted by molar-refractivity contribution is 7.89. The number of hydrogen-bond acceptors (Lipinski definition) is 5. The number of aliphatic hydroxyl groups excluding tert-OH is 1. The zero-order valence-electron chi connectivity index (χ0n) is 11.3. The number of rotatable bonds is 6. The molecule has 0 spiro atoms. The van der Waals surface area contributed by atoms with E-state index in [1.54, 1.807) is 37.0 Å². The maximum atomic E-state index is 12.2. The second kappa shape index (κ2) is 5.78. The molecule has 0 aliphatic heterocycles. The van der Waals surface area contributed by atoms with Gasteiger partial charge in [0, 0.05) is 24.5 Å². The fraction of sp³-hybridized carbons (Fsp3) is 0.417. The molecule has 0 bridgehead atoms. The molecule has 2 heterocycles. The maximum Gasteiger partial charge on any atom is 0.244 e. The third kappa shape index (κ3) is 3.27. The van der Waals surface area contributed by atoms with Crippen LogP contribution >= 0.6 is 0 Å². The molecule has 2 aromatic rings. The van der Waals surface area contributed by atoms with Crippen molar-refractivity contribution < 1.29 is 17.9 Å². The van der Waals surface area contributed by atoms with E-state index >= 15 is 0 Å². The van der Waals surface area contributed by atoms with Crippen LogP contribution in [0.1, 0.15) is 18.4 Å². The number of furan rings is 1. The second-order valence-electron chi connectivity index (χ2n) is 4.54. The zero-order chi connectivity index (χ0) is 14.8. The van der Waals surface area contributed by atoms with Gasteiger partial charge in [-0.25, -0.2) is 13.1 Å². The molecule has 0 fully saturated rings. The Balaban J connectivity index is 2.12. The van der Waals surface area contributed by atoms with E-state index in [0.29, 0.717) is 6.54 Å². The zero-order valence-corrected chi connectivity index (χ0v) is 12.1. The van der Waals surface area contributed by atoms with E-state index in [0.717, 1.165) is 0 Å². The molecule has 0 aliphatic rings. The molecule has 1 unspecified atom stereocenters. The Hall–Kier alpha value is -1.64. The van der Waals surface area contributed by atoms with Gasteiger partial charge in [0.1, 0.15) is 23.0 Å². The van der Waals surface area contributed by atoms with E-state index in [1.165, 1.54) is 6.07 Å². The van der Waals surface area contributed by atoms with Crippen molar-refractivity contribution in [2.24, 2.45) is 0 Å². The summed E-state index contributed by atoms with van der Waals surface area (Å²) in [6, 6.07) is 2.78. The lowest BCUT2D eigenvalue weighted by molar-refractivity contribution is 0.244. The van der Waals surface area contributed by atoms with Crippen LogP contribution in [0.4, 0.5) is 0 Å². The first-order valence-electron chi connectivity index (χ1n) is 6.12. The van der Waals surface area contributed by atoms with E-state index in [-0.39, 0.29) is 29.1 Å². The van der Waals surface area contributed by atoms with Crippen molar-refractivity contribution in [1.29, 1.82) is 0 Å². The van der Waals surface area contributed by atoms with Gasteiger partial charge in [0.15, 0.2) is 0 Å².